The number of hydrogen-bond acceptors (Lipinski definition) is 4. The van der Waals surface area contributed by atoms with Crippen molar-refractivity contribution in [2.75, 3.05) is 25.4 Å². The molecule has 0 bridgehead atoms. The summed E-state index contributed by atoms with van der Waals surface area (Å²) >= 11 is 9.66. The van der Waals surface area contributed by atoms with Crippen LogP contribution in [0.4, 0.5) is 0 Å². The predicted octanol–water partition coefficient (Wildman–Crippen LogP) is 4.03. The maximum absolute atomic E-state index is 5.77. The van der Waals surface area contributed by atoms with Gasteiger partial charge in [-0.15, -0.1) is 22.9 Å². The first kappa shape index (κ1) is 15.6. The van der Waals surface area contributed by atoms with Gasteiger partial charge in [-0.1, -0.05) is 6.92 Å². The van der Waals surface area contributed by atoms with Crippen molar-refractivity contribution in [1.29, 1.82) is 0 Å². The van der Waals surface area contributed by atoms with Crippen LogP contribution in [-0.4, -0.2) is 40.5 Å². The quantitative estimate of drug-likeness (QED) is 0.558. The molecule has 1 aliphatic rings. The molecule has 1 aliphatic heterocycles. The van der Waals surface area contributed by atoms with Crippen LogP contribution in [0.3, 0.4) is 0 Å². The van der Waals surface area contributed by atoms with Crippen LogP contribution in [0, 0.1) is 0 Å². The summed E-state index contributed by atoms with van der Waals surface area (Å²) in [6.45, 7) is 6.12. The van der Waals surface area contributed by atoms with E-state index < -0.39 is 0 Å². The number of thiazole rings is 1. The number of hydrogen-bond donors (Lipinski definition) is 0. The van der Waals surface area contributed by atoms with Gasteiger partial charge in [-0.2, -0.15) is 11.8 Å². The highest BCUT2D eigenvalue weighted by molar-refractivity contribution is 8.00. The molecule has 5 heteroatoms. The number of aromatic nitrogens is 1. The third-order valence-electron chi connectivity index (χ3n) is 3.53. The summed E-state index contributed by atoms with van der Waals surface area (Å²) in [5.74, 6) is 1.85. The van der Waals surface area contributed by atoms with E-state index in [-0.39, 0.29) is 0 Å². The molecule has 1 aromatic heterocycles. The maximum Gasteiger partial charge on any atom is 0.0928 e. The summed E-state index contributed by atoms with van der Waals surface area (Å²) in [6, 6.07) is 0. The molecule has 1 saturated heterocycles. The number of thioether (sulfide) groups is 1. The molecule has 1 fully saturated rings. The molecule has 0 saturated carbocycles. The highest BCUT2D eigenvalue weighted by Gasteiger charge is 2.18. The Morgan fingerprint density at radius 3 is 3.11 bits per heavy atom. The first-order valence-corrected chi connectivity index (χ1v) is 9.61. The van der Waals surface area contributed by atoms with Crippen LogP contribution >= 0.6 is 34.7 Å². The lowest BCUT2D eigenvalue weighted by Crippen LogP contribution is -2.38. The van der Waals surface area contributed by atoms with Gasteiger partial charge in [-0.3, -0.25) is 0 Å². The summed E-state index contributed by atoms with van der Waals surface area (Å²) in [7, 11) is 0. The van der Waals surface area contributed by atoms with Gasteiger partial charge in [0.15, 0.2) is 0 Å². The Morgan fingerprint density at radius 1 is 1.47 bits per heavy atom. The molecule has 1 aromatic rings. The molecule has 108 valence electrons. The smallest absolute Gasteiger partial charge is 0.0928 e. The second kappa shape index (κ2) is 8.50. The van der Waals surface area contributed by atoms with Crippen molar-refractivity contribution in [3.63, 3.8) is 0 Å². The SMILES string of the molecule is CCC1CN(CCCCc2nc(CCl)cs2)CCS1. The lowest BCUT2D eigenvalue weighted by Gasteiger charge is -2.31. The van der Waals surface area contributed by atoms with Crippen molar-refractivity contribution in [2.45, 2.75) is 43.7 Å². The van der Waals surface area contributed by atoms with E-state index >= 15 is 0 Å². The van der Waals surface area contributed by atoms with Gasteiger partial charge in [0.2, 0.25) is 0 Å². The molecule has 0 N–H and O–H groups in total. The fourth-order valence-corrected chi connectivity index (χ4v) is 4.68. The molecular weight excluding hydrogens is 296 g/mol. The van der Waals surface area contributed by atoms with Crippen LogP contribution in [0.5, 0.6) is 0 Å². The van der Waals surface area contributed by atoms with E-state index in [0.29, 0.717) is 5.88 Å². The lowest BCUT2D eigenvalue weighted by atomic mass is 10.2. The van der Waals surface area contributed by atoms with Gasteiger partial charge < -0.3 is 4.90 Å². The van der Waals surface area contributed by atoms with E-state index in [0.717, 1.165) is 17.4 Å². The van der Waals surface area contributed by atoms with Gasteiger partial charge in [0.05, 0.1) is 16.6 Å². The van der Waals surface area contributed by atoms with Crippen LogP contribution in [0.2, 0.25) is 0 Å². The topological polar surface area (TPSA) is 16.1 Å². The fourth-order valence-electron chi connectivity index (χ4n) is 2.37. The molecule has 2 nitrogen and oxygen atoms in total. The monoisotopic (exact) mass is 318 g/mol. The summed E-state index contributed by atoms with van der Waals surface area (Å²) < 4.78 is 0. The second-order valence-corrected chi connectivity index (χ2v) is 7.64. The molecule has 2 rings (SSSR count). The summed E-state index contributed by atoms with van der Waals surface area (Å²) in [6.07, 6.45) is 4.95. The van der Waals surface area contributed by atoms with Gasteiger partial charge in [0.1, 0.15) is 0 Å². The van der Waals surface area contributed by atoms with E-state index in [1.165, 1.54) is 49.7 Å². The number of alkyl halides is 1. The summed E-state index contributed by atoms with van der Waals surface area (Å²) in [4.78, 5) is 7.14. The Labute approximate surface area is 129 Å². The third-order valence-corrected chi connectivity index (χ3v) is 6.13. The Morgan fingerprint density at radius 2 is 2.37 bits per heavy atom. The molecule has 1 unspecified atom stereocenters. The molecule has 0 spiro atoms. The number of nitrogens with zero attached hydrogens (tertiary/aromatic N) is 2. The van der Waals surface area contributed by atoms with Crippen LogP contribution in [0.1, 0.15) is 36.9 Å². The zero-order chi connectivity index (χ0) is 13.5. The number of halogens is 1. The number of rotatable bonds is 7. The maximum atomic E-state index is 5.77. The van der Waals surface area contributed by atoms with E-state index in [1.54, 1.807) is 11.3 Å². The Hall–Kier alpha value is 0.230. The van der Waals surface area contributed by atoms with Crippen molar-refractivity contribution < 1.29 is 0 Å². The first-order valence-electron chi connectivity index (χ1n) is 7.15. The van der Waals surface area contributed by atoms with Gasteiger partial charge in [-0.25, -0.2) is 4.98 Å². The molecule has 19 heavy (non-hydrogen) atoms. The Balaban J connectivity index is 1.61. The van der Waals surface area contributed by atoms with Gasteiger partial charge in [-0.05, 0) is 32.2 Å². The molecular formula is C14H23ClN2S2. The van der Waals surface area contributed by atoms with Crippen molar-refractivity contribution in [1.82, 2.24) is 9.88 Å². The van der Waals surface area contributed by atoms with Crippen LogP contribution in [0.25, 0.3) is 0 Å². The first-order chi connectivity index (χ1) is 9.31. The molecule has 2 heterocycles. The van der Waals surface area contributed by atoms with Crippen molar-refractivity contribution >= 4 is 34.7 Å². The highest BCUT2D eigenvalue weighted by atomic mass is 35.5. The van der Waals surface area contributed by atoms with Crippen molar-refractivity contribution in [3.05, 3.63) is 16.1 Å². The Bertz CT molecular complexity index is 370. The zero-order valence-corrected chi connectivity index (χ0v) is 14.0. The van der Waals surface area contributed by atoms with Crippen LogP contribution < -0.4 is 0 Å². The number of unbranched alkanes of at least 4 members (excludes halogenated alkanes) is 1. The average molecular weight is 319 g/mol. The molecule has 0 aliphatic carbocycles. The van der Waals surface area contributed by atoms with E-state index in [9.17, 15) is 0 Å². The standard InChI is InChI=1S/C14H23ClN2S2/c1-2-13-10-17(7-8-18-13)6-4-3-5-14-16-12(9-15)11-19-14/h11,13H,2-10H2,1H3. The zero-order valence-electron chi connectivity index (χ0n) is 11.6. The lowest BCUT2D eigenvalue weighted by molar-refractivity contribution is 0.275. The average Bonchev–Trinajstić information content (AvgIpc) is 2.92. The van der Waals surface area contributed by atoms with Gasteiger partial charge in [0.25, 0.3) is 0 Å². The minimum Gasteiger partial charge on any atom is -0.301 e. The molecule has 0 aromatic carbocycles. The van der Waals surface area contributed by atoms with Gasteiger partial charge >= 0.3 is 0 Å². The molecule has 0 radical (unpaired) electrons. The van der Waals surface area contributed by atoms with Crippen molar-refractivity contribution in [3.8, 4) is 0 Å². The number of aryl methyl sites for hydroxylation is 1. The third kappa shape index (κ3) is 5.25. The van der Waals surface area contributed by atoms with Crippen LogP contribution in [0.15, 0.2) is 5.38 Å². The minimum atomic E-state index is 0.542. The fraction of sp³-hybridized carbons (Fsp3) is 0.786. The van der Waals surface area contributed by atoms with Crippen molar-refractivity contribution in [2.24, 2.45) is 0 Å². The molecule has 0 amide bonds. The normalized spacial score (nSPS) is 20.8. The summed E-state index contributed by atoms with van der Waals surface area (Å²) in [5.41, 5.74) is 1.03. The highest BCUT2D eigenvalue weighted by Crippen LogP contribution is 2.21. The Kier molecular flexibility index (Phi) is 6.99. The molecule has 1 atom stereocenters. The van der Waals surface area contributed by atoms with E-state index in [4.69, 9.17) is 11.6 Å². The summed E-state index contributed by atoms with van der Waals surface area (Å²) in [5, 5.41) is 4.19. The minimum absolute atomic E-state index is 0.542. The van der Waals surface area contributed by atoms with Crippen LogP contribution in [-0.2, 0) is 12.3 Å². The van der Waals surface area contributed by atoms with E-state index in [1.807, 2.05) is 0 Å². The predicted molar refractivity (Wildman–Crippen MR) is 87.6 cm³/mol. The van der Waals surface area contributed by atoms with E-state index in [2.05, 4.69) is 33.9 Å². The van der Waals surface area contributed by atoms with Gasteiger partial charge in [0, 0.05) is 29.5 Å². The second-order valence-electron chi connectivity index (χ2n) is 5.02. The largest absolute Gasteiger partial charge is 0.301 e.